The molecule has 0 aromatic carbocycles. The van der Waals surface area contributed by atoms with Gasteiger partial charge in [0.25, 0.3) is 0 Å². The highest BCUT2D eigenvalue weighted by Crippen LogP contribution is 2.15. The number of aliphatic hydroxyl groups is 1. The first-order valence-corrected chi connectivity index (χ1v) is 5.58. The first-order valence-electron chi connectivity index (χ1n) is 4.52. The Balaban J connectivity index is 2.66. The van der Waals surface area contributed by atoms with Crippen LogP contribution in [0.25, 0.3) is 0 Å². The molecule has 1 aliphatic rings. The maximum absolute atomic E-state index is 11.7. The van der Waals surface area contributed by atoms with Crippen molar-refractivity contribution in [2.45, 2.75) is 19.5 Å². The monoisotopic (exact) mass is 219 g/mol. The summed E-state index contributed by atoms with van der Waals surface area (Å²) in [7, 11) is 3.53. The van der Waals surface area contributed by atoms with Gasteiger partial charge in [0, 0.05) is 39.0 Å². The Kier molecular flexibility index (Phi) is 3.91. The minimum Gasteiger partial charge on any atom is -0.396 e. The van der Waals surface area contributed by atoms with Crippen LogP contribution in [0.5, 0.6) is 0 Å². The molecular formula is C8H17N3O2S. The van der Waals surface area contributed by atoms with Crippen molar-refractivity contribution >= 4 is 11.2 Å². The Morgan fingerprint density at radius 3 is 2.86 bits per heavy atom. The molecule has 0 aromatic heterocycles. The molecule has 2 N–H and O–H groups in total. The summed E-state index contributed by atoms with van der Waals surface area (Å²) in [6.07, 6.45) is 2.39. The van der Waals surface area contributed by atoms with Crippen molar-refractivity contribution in [2.75, 3.05) is 20.7 Å². The van der Waals surface area contributed by atoms with Gasteiger partial charge in [0.1, 0.15) is 6.17 Å². The van der Waals surface area contributed by atoms with Crippen molar-refractivity contribution < 1.29 is 9.32 Å². The van der Waals surface area contributed by atoms with Crippen LogP contribution in [0.2, 0.25) is 0 Å². The lowest BCUT2D eigenvalue weighted by molar-refractivity contribution is 0.296. The van der Waals surface area contributed by atoms with Crippen LogP contribution in [-0.2, 0) is 11.2 Å². The summed E-state index contributed by atoms with van der Waals surface area (Å²) < 4.78 is 15.1. The quantitative estimate of drug-likeness (QED) is 0.676. The van der Waals surface area contributed by atoms with Gasteiger partial charge in [-0.25, -0.2) is 8.51 Å². The predicted octanol–water partition coefficient (Wildman–Crippen LogP) is -0.398. The minimum absolute atomic E-state index is 0.0137. The number of aliphatic hydroxyl groups excluding tert-OH is 1. The fourth-order valence-electron chi connectivity index (χ4n) is 1.26. The first-order chi connectivity index (χ1) is 6.56. The van der Waals surface area contributed by atoms with Crippen LogP contribution in [-0.4, -0.2) is 44.8 Å². The van der Waals surface area contributed by atoms with Crippen molar-refractivity contribution in [1.82, 2.24) is 13.9 Å². The van der Waals surface area contributed by atoms with Crippen LogP contribution in [0.1, 0.15) is 13.3 Å². The fraction of sp³-hybridized carbons (Fsp3) is 0.750. The molecule has 5 nitrogen and oxygen atoms in total. The van der Waals surface area contributed by atoms with Crippen molar-refractivity contribution in [1.29, 1.82) is 0 Å². The second-order valence-electron chi connectivity index (χ2n) is 3.35. The number of hydrogen-bond acceptors (Lipinski definition) is 3. The zero-order valence-electron chi connectivity index (χ0n) is 8.73. The molecule has 0 spiro atoms. The molecule has 6 heteroatoms. The van der Waals surface area contributed by atoms with Gasteiger partial charge in [-0.15, -0.1) is 0 Å². The number of nitrogens with zero attached hydrogens (tertiary/aromatic N) is 2. The predicted molar refractivity (Wildman–Crippen MR) is 56.1 cm³/mol. The molecule has 2 atom stereocenters. The van der Waals surface area contributed by atoms with Crippen molar-refractivity contribution in [3.8, 4) is 0 Å². The van der Waals surface area contributed by atoms with Gasteiger partial charge in [-0.2, -0.15) is 0 Å². The number of nitrogens with one attached hydrogen (secondary N) is 1. The maximum Gasteiger partial charge on any atom is 0.199 e. The molecule has 1 aliphatic heterocycles. The van der Waals surface area contributed by atoms with Gasteiger partial charge in [0.15, 0.2) is 11.2 Å². The summed E-state index contributed by atoms with van der Waals surface area (Å²) in [5, 5.41) is 11.9. The Bertz CT molecular complexity index is 255. The smallest absolute Gasteiger partial charge is 0.199 e. The third kappa shape index (κ3) is 2.46. The van der Waals surface area contributed by atoms with Crippen LogP contribution >= 0.6 is 0 Å². The van der Waals surface area contributed by atoms with Crippen LogP contribution in [0.15, 0.2) is 11.9 Å². The highest BCUT2D eigenvalue weighted by atomic mass is 32.2. The van der Waals surface area contributed by atoms with E-state index >= 15 is 0 Å². The van der Waals surface area contributed by atoms with E-state index < -0.39 is 11.2 Å². The van der Waals surface area contributed by atoms with E-state index in [2.05, 4.69) is 5.32 Å². The van der Waals surface area contributed by atoms with Crippen LogP contribution in [0, 0.1) is 0 Å². The first kappa shape index (κ1) is 11.5. The highest BCUT2D eigenvalue weighted by Gasteiger charge is 2.24. The van der Waals surface area contributed by atoms with E-state index in [0.29, 0.717) is 6.42 Å². The molecule has 2 unspecified atom stereocenters. The van der Waals surface area contributed by atoms with E-state index in [9.17, 15) is 4.21 Å². The normalized spacial score (nSPS) is 23.6. The fourth-order valence-corrected chi connectivity index (χ4v) is 2.18. The zero-order chi connectivity index (χ0) is 10.7. The van der Waals surface area contributed by atoms with E-state index in [1.807, 2.05) is 6.92 Å². The van der Waals surface area contributed by atoms with E-state index in [-0.39, 0.29) is 12.8 Å². The second kappa shape index (κ2) is 4.77. The Morgan fingerprint density at radius 1 is 1.71 bits per heavy atom. The summed E-state index contributed by atoms with van der Waals surface area (Å²) >= 11 is -1.16. The largest absolute Gasteiger partial charge is 0.396 e. The Hall–Kier alpha value is -0.590. The number of hydrogen-bond donors (Lipinski definition) is 2. The van der Waals surface area contributed by atoms with E-state index in [4.69, 9.17) is 5.11 Å². The van der Waals surface area contributed by atoms with Gasteiger partial charge >= 0.3 is 0 Å². The lowest BCUT2D eigenvalue weighted by Crippen LogP contribution is -2.39. The molecule has 82 valence electrons. The highest BCUT2D eigenvalue weighted by molar-refractivity contribution is 7.80. The van der Waals surface area contributed by atoms with E-state index in [1.165, 1.54) is 0 Å². The standard InChI is InChI=1S/C8H17N3O2S/c1-7-9-8(4-5-12)6-11(7)14(13)10(2)3/h6-7,9,12H,4-5H2,1-3H3. The minimum atomic E-state index is -1.16. The lowest BCUT2D eigenvalue weighted by atomic mass is 10.3. The van der Waals surface area contributed by atoms with Crippen molar-refractivity contribution in [3.63, 3.8) is 0 Å². The molecule has 0 bridgehead atoms. The van der Waals surface area contributed by atoms with Gasteiger partial charge < -0.3 is 10.4 Å². The molecular weight excluding hydrogens is 202 g/mol. The van der Waals surface area contributed by atoms with Gasteiger partial charge in [-0.1, -0.05) is 0 Å². The van der Waals surface area contributed by atoms with Gasteiger partial charge in [-0.05, 0) is 6.92 Å². The zero-order valence-corrected chi connectivity index (χ0v) is 9.54. The number of rotatable bonds is 4. The molecule has 14 heavy (non-hydrogen) atoms. The summed E-state index contributed by atoms with van der Waals surface area (Å²) in [5.74, 6) is 0. The topological polar surface area (TPSA) is 55.8 Å². The van der Waals surface area contributed by atoms with Gasteiger partial charge in [-0.3, -0.25) is 4.31 Å². The Labute approximate surface area is 87.1 Å². The van der Waals surface area contributed by atoms with Gasteiger partial charge in [0.2, 0.25) is 0 Å². The van der Waals surface area contributed by atoms with Crippen LogP contribution < -0.4 is 5.32 Å². The molecule has 0 saturated carbocycles. The third-order valence-corrected chi connectivity index (χ3v) is 3.34. The summed E-state index contributed by atoms with van der Waals surface area (Å²) in [4.78, 5) is 0. The third-order valence-electron chi connectivity index (χ3n) is 1.93. The summed E-state index contributed by atoms with van der Waals surface area (Å²) in [6, 6.07) is 0. The second-order valence-corrected chi connectivity index (χ2v) is 4.96. The van der Waals surface area contributed by atoms with Crippen molar-refractivity contribution in [3.05, 3.63) is 11.9 Å². The average molecular weight is 219 g/mol. The molecule has 0 aliphatic carbocycles. The average Bonchev–Trinajstić information content (AvgIpc) is 2.46. The van der Waals surface area contributed by atoms with Crippen molar-refractivity contribution in [2.24, 2.45) is 0 Å². The van der Waals surface area contributed by atoms with Gasteiger partial charge in [0.05, 0.1) is 0 Å². The van der Waals surface area contributed by atoms with Crippen LogP contribution in [0.4, 0.5) is 0 Å². The molecule has 0 saturated heterocycles. The maximum atomic E-state index is 11.7. The molecule has 1 rings (SSSR count). The Morgan fingerprint density at radius 2 is 2.36 bits per heavy atom. The molecule has 0 aromatic rings. The molecule has 0 amide bonds. The molecule has 1 heterocycles. The molecule has 0 fully saturated rings. The summed E-state index contributed by atoms with van der Waals surface area (Å²) in [6.45, 7) is 2.04. The van der Waals surface area contributed by atoms with Crippen LogP contribution in [0.3, 0.4) is 0 Å². The summed E-state index contributed by atoms with van der Waals surface area (Å²) in [5.41, 5.74) is 0.926. The SMILES string of the molecule is CC1NC(CCO)=CN1S(=O)N(C)C. The lowest BCUT2D eigenvalue weighted by Gasteiger charge is -2.23. The molecule has 0 radical (unpaired) electrons. The van der Waals surface area contributed by atoms with E-state index in [1.54, 1.807) is 28.9 Å². The van der Waals surface area contributed by atoms with E-state index in [0.717, 1.165) is 5.70 Å².